The molecule has 1 aromatic carbocycles. The number of aliphatic hydroxyl groups excluding tert-OH is 1. The summed E-state index contributed by atoms with van der Waals surface area (Å²) in [6.07, 6.45) is 0.887. The average Bonchev–Trinajstić information content (AvgIpc) is 2.89. The standard InChI is InChI=1S/C15H18ClNO2/c1-2-13(10-18)17-9-14-6-7-15(19-14)11-4-3-5-12(16)8-11/h3-8,13,17-18H,2,9-10H2,1H3/t13-/m0/s1. The van der Waals surface area contributed by atoms with Gasteiger partial charge in [0.15, 0.2) is 0 Å². The molecule has 2 aromatic rings. The second-order valence-electron chi connectivity index (χ2n) is 4.44. The molecule has 4 heteroatoms. The molecule has 1 aromatic heterocycles. The number of hydrogen-bond donors (Lipinski definition) is 2. The molecule has 0 aliphatic carbocycles. The van der Waals surface area contributed by atoms with Crippen molar-refractivity contribution in [2.24, 2.45) is 0 Å². The molecule has 2 rings (SSSR count). The van der Waals surface area contributed by atoms with E-state index >= 15 is 0 Å². The third-order valence-corrected chi connectivity index (χ3v) is 3.28. The molecule has 0 aliphatic heterocycles. The molecule has 0 aliphatic rings. The molecular weight excluding hydrogens is 262 g/mol. The lowest BCUT2D eigenvalue weighted by atomic mass is 10.2. The van der Waals surface area contributed by atoms with Crippen molar-refractivity contribution in [3.05, 3.63) is 47.2 Å². The fraction of sp³-hybridized carbons (Fsp3) is 0.333. The van der Waals surface area contributed by atoms with Crippen LogP contribution in [0.3, 0.4) is 0 Å². The largest absolute Gasteiger partial charge is 0.460 e. The van der Waals surface area contributed by atoms with Gasteiger partial charge in [-0.2, -0.15) is 0 Å². The molecule has 0 bridgehead atoms. The van der Waals surface area contributed by atoms with Gasteiger partial charge in [0, 0.05) is 16.6 Å². The van der Waals surface area contributed by atoms with E-state index in [-0.39, 0.29) is 12.6 Å². The number of furan rings is 1. The van der Waals surface area contributed by atoms with Crippen molar-refractivity contribution >= 4 is 11.6 Å². The normalized spacial score (nSPS) is 12.6. The van der Waals surface area contributed by atoms with Crippen LogP contribution >= 0.6 is 11.6 Å². The second-order valence-corrected chi connectivity index (χ2v) is 4.88. The van der Waals surface area contributed by atoms with Crippen LogP contribution in [-0.4, -0.2) is 17.8 Å². The maximum absolute atomic E-state index is 9.11. The van der Waals surface area contributed by atoms with E-state index in [1.54, 1.807) is 0 Å². The quantitative estimate of drug-likeness (QED) is 0.851. The lowest BCUT2D eigenvalue weighted by molar-refractivity contribution is 0.235. The molecule has 102 valence electrons. The lowest BCUT2D eigenvalue weighted by Crippen LogP contribution is -2.30. The summed E-state index contributed by atoms with van der Waals surface area (Å²) in [5.74, 6) is 1.65. The third-order valence-electron chi connectivity index (χ3n) is 3.05. The molecule has 0 spiro atoms. The summed E-state index contributed by atoms with van der Waals surface area (Å²) in [5, 5.41) is 13.0. The van der Waals surface area contributed by atoms with Crippen LogP contribution in [0.15, 0.2) is 40.8 Å². The van der Waals surface area contributed by atoms with Crippen LogP contribution in [0, 0.1) is 0 Å². The Balaban J connectivity index is 2.03. The van der Waals surface area contributed by atoms with Crippen LogP contribution in [0.5, 0.6) is 0 Å². The molecule has 0 saturated heterocycles. The van der Waals surface area contributed by atoms with Gasteiger partial charge in [-0.05, 0) is 30.7 Å². The predicted molar refractivity (Wildman–Crippen MR) is 77.2 cm³/mol. The zero-order valence-corrected chi connectivity index (χ0v) is 11.7. The first-order valence-electron chi connectivity index (χ1n) is 6.41. The van der Waals surface area contributed by atoms with Gasteiger partial charge >= 0.3 is 0 Å². The highest BCUT2D eigenvalue weighted by Crippen LogP contribution is 2.24. The van der Waals surface area contributed by atoms with Crippen molar-refractivity contribution < 1.29 is 9.52 Å². The molecular formula is C15H18ClNO2. The summed E-state index contributed by atoms with van der Waals surface area (Å²) in [6.45, 7) is 2.78. The predicted octanol–water partition coefficient (Wildman–Crippen LogP) is 3.46. The highest BCUT2D eigenvalue weighted by molar-refractivity contribution is 6.30. The Kier molecular flexibility index (Phi) is 5.02. The zero-order valence-electron chi connectivity index (χ0n) is 10.9. The minimum atomic E-state index is 0.111. The molecule has 1 heterocycles. The van der Waals surface area contributed by atoms with E-state index in [0.29, 0.717) is 11.6 Å². The summed E-state index contributed by atoms with van der Waals surface area (Å²) in [6, 6.07) is 11.6. The van der Waals surface area contributed by atoms with Gasteiger partial charge < -0.3 is 14.8 Å². The topological polar surface area (TPSA) is 45.4 Å². The van der Waals surface area contributed by atoms with Crippen molar-refractivity contribution in [3.8, 4) is 11.3 Å². The van der Waals surface area contributed by atoms with E-state index in [1.807, 2.05) is 43.3 Å². The lowest BCUT2D eigenvalue weighted by Gasteiger charge is -2.12. The number of rotatable bonds is 6. The van der Waals surface area contributed by atoms with Crippen LogP contribution in [0.25, 0.3) is 11.3 Å². The van der Waals surface area contributed by atoms with Crippen LogP contribution in [0.4, 0.5) is 0 Å². The zero-order chi connectivity index (χ0) is 13.7. The maximum atomic E-state index is 9.11. The number of benzene rings is 1. The van der Waals surface area contributed by atoms with Gasteiger partial charge in [-0.1, -0.05) is 30.7 Å². The number of hydrogen-bond acceptors (Lipinski definition) is 3. The van der Waals surface area contributed by atoms with Crippen LogP contribution < -0.4 is 5.32 Å². The fourth-order valence-corrected chi connectivity index (χ4v) is 2.04. The van der Waals surface area contributed by atoms with E-state index in [4.69, 9.17) is 21.1 Å². The summed E-state index contributed by atoms with van der Waals surface area (Å²) in [7, 11) is 0. The van der Waals surface area contributed by atoms with E-state index < -0.39 is 0 Å². The van der Waals surface area contributed by atoms with E-state index in [0.717, 1.165) is 23.5 Å². The van der Waals surface area contributed by atoms with Crippen molar-refractivity contribution in [2.45, 2.75) is 25.9 Å². The van der Waals surface area contributed by atoms with Crippen LogP contribution in [0.1, 0.15) is 19.1 Å². The van der Waals surface area contributed by atoms with E-state index in [2.05, 4.69) is 5.32 Å². The summed E-state index contributed by atoms with van der Waals surface area (Å²) in [5.41, 5.74) is 0.966. The summed E-state index contributed by atoms with van der Waals surface area (Å²) < 4.78 is 5.76. The molecule has 0 amide bonds. The molecule has 19 heavy (non-hydrogen) atoms. The van der Waals surface area contributed by atoms with Gasteiger partial charge in [-0.3, -0.25) is 0 Å². The number of halogens is 1. The maximum Gasteiger partial charge on any atom is 0.134 e. The first-order chi connectivity index (χ1) is 9.22. The summed E-state index contributed by atoms with van der Waals surface area (Å²) in [4.78, 5) is 0. The molecule has 0 unspecified atom stereocenters. The second kappa shape index (κ2) is 6.75. The van der Waals surface area contributed by atoms with Gasteiger partial charge in [0.05, 0.1) is 13.2 Å². The monoisotopic (exact) mass is 279 g/mol. The SMILES string of the molecule is CC[C@@H](CO)NCc1ccc(-c2cccc(Cl)c2)o1. The van der Waals surface area contributed by atoms with Crippen molar-refractivity contribution in [1.82, 2.24) is 5.32 Å². The molecule has 0 radical (unpaired) electrons. The van der Waals surface area contributed by atoms with E-state index in [9.17, 15) is 0 Å². The van der Waals surface area contributed by atoms with Crippen molar-refractivity contribution in [2.75, 3.05) is 6.61 Å². The first kappa shape index (κ1) is 14.1. The van der Waals surface area contributed by atoms with Crippen molar-refractivity contribution in [3.63, 3.8) is 0 Å². The number of nitrogens with one attached hydrogen (secondary N) is 1. The highest BCUT2D eigenvalue weighted by atomic mass is 35.5. The Morgan fingerprint density at radius 3 is 2.84 bits per heavy atom. The minimum Gasteiger partial charge on any atom is -0.460 e. The smallest absolute Gasteiger partial charge is 0.134 e. The van der Waals surface area contributed by atoms with Gasteiger partial charge in [-0.15, -0.1) is 0 Å². The fourth-order valence-electron chi connectivity index (χ4n) is 1.85. The minimum absolute atomic E-state index is 0.111. The third kappa shape index (κ3) is 3.83. The molecule has 3 nitrogen and oxygen atoms in total. The molecule has 0 saturated carbocycles. The average molecular weight is 280 g/mol. The van der Waals surface area contributed by atoms with Crippen LogP contribution in [0.2, 0.25) is 5.02 Å². The Morgan fingerprint density at radius 2 is 2.16 bits per heavy atom. The van der Waals surface area contributed by atoms with Gasteiger partial charge in [0.1, 0.15) is 11.5 Å². The Bertz CT molecular complexity index is 520. The molecule has 1 atom stereocenters. The van der Waals surface area contributed by atoms with Gasteiger partial charge in [0.25, 0.3) is 0 Å². The van der Waals surface area contributed by atoms with Gasteiger partial charge in [-0.25, -0.2) is 0 Å². The summed E-state index contributed by atoms with van der Waals surface area (Å²) >= 11 is 5.96. The van der Waals surface area contributed by atoms with Crippen molar-refractivity contribution in [1.29, 1.82) is 0 Å². The Morgan fingerprint density at radius 1 is 1.32 bits per heavy atom. The van der Waals surface area contributed by atoms with Gasteiger partial charge in [0.2, 0.25) is 0 Å². The highest BCUT2D eigenvalue weighted by Gasteiger charge is 2.08. The van der Waals surface area contributed by atoms with Crippen LogP contribution in [-0.2, 0) is 6.54 Å². The Hall–Kier alpha value is -1.29. The Labute approximate surface area is 118 Å². The first-order valence-corrected chi connectivity index (χ1v) is 6.79. The molecule has 0 fully saturated rings. The number of aliphatic hydroxyl groups is 1. The van der Waals surface area contributed by atoms with E-state index in [1.165, 1.54) is 0 Å². The molecule has 2 N–H and O–H groups in total.